The lowest BCUT2D eigenvalue weighted by Crippen LogP contribution is -2.14. The van der Waals surface area contributed by atoms with Crippen molar-refractivity contribution in [2.45, 2.75) is 23.8 Å². The first-order valence-corrected chi connectivity index (χ1v) is 10.4. The number of nitrogens with zero attached hydrogens (tertiary/aromatic N) is 3. The molecule has 0 aliphatic heterocycles. The summed E-state index contributed by atoms with van der Waals surface area (Å²) in [5.74, 6) is 0.937. The van der Waals surface area contributed by atoms with Gasteiger partial charge in [0.1, 0.15) is 5.82 Å². The second-order valence-electron chi connectivity index (χ2n) is 6.72. The number of Topliss-reactive ketones (excluding diaryl/α,β-unsaturated/α-hetero) is 1. The lowest BCUT2D eigenvalue weighted by atomic mass is 10.1. The zero-order valence-corrected chi connectivity index (χ0v) is 16.9. The van der Waals surface area contributed by atoms with Gasteiger partial charge >= 0.3 is 0 Å². The summed E-state index contributed by atoms with van der Waals surface area (Å²) in [4.78, 5) is 12.8. The van der Waals surface area contributed by atoms with Crippen LogP contribution in [0.25, 0.3) is 5.69 Å². The van der Waals surface area contributed by atoms with E-state index in [2.05, 4.69) is 22.3 Å². The van der Waals surface area contributed by atoms with Crippen molar-refractivity contribution < 1.29 is 4.79 Å². The number of carbonyl (C=O) groups is 1. The molecule has 4 nitrogen and oxygen atoms in total. The van der Waals surface area contributed by atoms with E-state index in [1.807, 2.05) is 90.4 Å². The largest absolute Gasteiger partial charge is 0.293 e. The monoisotopic (exact) mass is 399 g/mol. The molecule has 0 aliphatic carbocycles. The van der Waals surface area contributed by atoms with Crippen molar-refractivity contribution in [3.63, 3.8) is 0 Å². The number of carbonyl (C=O) groups excluding carboxylic acids is 1. The van der Waals surface area contributed by atoms with Crippen LogP contribution in [0.4, 0.5) is 0 Å². The van der Waals surface area contributed by atoms with Gasteiger partial charge in [-0.05, 0) is 24.6 Å². The molecule has 1 heterocycles. The molecule has 0 amide bonds. The minimum Gasteiger partial charge on any atom is -0.293 e. The molecule has 1 aromatic heterocycles. The van der Waals surface area contributed by atoms with Crippen LogP contribution in [0.15, 0.2) is 96.2 Å². The molecule has 0 radical (unpaired) electrons. The van der Waals surface area contributed by atoms with Gasteiger partial charge in [-0.2, -0.15) is 0 Å². The molecule has 0 spiro atoms. The number of aromatic nitrogens is 3. The van der Waals surface area contributed by atoms with Crippen LogP contribution >= 0.6 is 11.8 Å². The Kier molecular flexibility index (Phi) is 5.86. The fourth-order valence-corrected chi connectivity index (χ4v) is 4.12. The van der Waals surface area contributed by atoms with Crippen molar-refractivity contribution in [2.24, 2.45) is 0 Å². The molecule has 0 saturated carbocycles. The van der Waals surface area contributed by atoms with Gasteiger partial charge in [0, 0.05) is 17.7 Å². The van der Waals surface area contributed by atoms with Gasteiger partial charge in [0.25, 0.3) is 0 Å². The minimum atomic E-state index is -0.270. The standard InChI is InChI=1S/C24H21N3OS/c1-18(23(28)20-13-7-3-8-14-20)29-24-26-25-22(17-19-11-5-2-6-12-19)27(24)21-15-9-4-10-16-21/h2-16,18H,17H2,1H3. The van der Waals surface area contributed by atoms with Crippen molar-refractivity contribution >= 4 is 17.5 Å². The number of hydrogen-bond acceptors (Lipinski definition) is 4. The smallest absolute Gasteiger partial charge is 0.196 e. The van der Waals surface area contributed by atoms with Crippen LogP contribution in [-0.2, 0) is 6.42 Å². The van der Waals surface area contributed by atoms with Crippen LogP contribution in [0.2, 0.25) is 0 Å². The molecular formula is C24H21N3OS. The molecule has 144 valence electrons. The maximum atomic E-state index is 12.8. The second-order valence-corrected chi connectivity index (χ2v) is 8.03. The molecule has 4 aromatic rings. The summed E-state index contributed by atoms with van der Waals surface area (Å²) in [6, 6.07) is 29.6. The van der Waals surface area contributed by atoms with E-state index < -0.39 is 0 Å². The Bertz CT molecular complexity index is 1080. The van der Waals surface area contributed by atoms with Crippen molar-refractivity contribution in [1.29, 1.82) is 0 Å². The lowest BCUT2D eigenvalue weighted by molar-refractivity contribution is 0.0994. The van der Waals surface area contributed by atoms with Gasteiger partial charge in [-0.1, -0.05) is 90.6 Å². The van der Waals surface area contributed by atoms with E-state index in [0.29, 0.717) is 12.0 Å². The SMILES string of the molecule is CC(Sc1nnc(Cc2ccccc2)n1-c1ccccc1)C(=O)c1ccccc1. The Morgan fingerprint density at radius 2 is 1.45 bits per heavy atom. The topological polar surface area (TPSA) is 47.8 Å². The Morgan fingerprint density at radius 3 is 2.10 bits per heavy atom. The van der Waals surface area contributed by atoms with Gasteiger partial charge in [0.2, 0.25) is 0 Å². The average Bonchev–Trinajstić information content (AvgIpc) is 3.17. The van der Waals surface area contributed by atoms with Gasteiger partial charge in [0.05, 0.1) is 5.25 Å². The first-order valence-electron chi connectivity index (χ1n) is 9.52. The van der Waals surface area contributed by atoms with E-state index in [4.69, 9.17) is 0 Å². The van der Waals surface area contributed by atoms with Crippen LogP contribution in [-0.4, -0.2) is 25.8 Å². The van der Waals surface area contributed by atoms with Crippen LogP contribution in [0.5, 0.6) is 0 Å². The Balaban J connectivity index is 1.65. The highest BCUT2D eigenvalue weighted by Gasteiger charge is 2.22. The molecule has 29 heavy (non-hydrogen) atoms. The highest BCUT2D eigenvalue weighted by atomic mass is 32.2. The Morgan fingerprint density at radius 1 is 0.862 bits per heavy atom. The molecule has 0 N–H and O–H groups in total. The first kappa shape index (κ1) is 19.2. The highest BCUT2D eigenvalue weighted by Crippen LogP contribution is 2.28. The Hall–Kier alpha value is -3.18. The molecule has 1 atom stereocenters. The summed E-state index contributed by atoms with van der Waals surface area (Å²) in [5, 5.41) is 9.33. The summed E-state index contributed by atoms with van der Waals surface area (Å²) in [6.45, 7) is 1.92. The van der Waals surface area contributed by atoms with Gasteiger partial charge in [-0.25, -0.2) is 0 Å². The molecule has 4 rings (SSSR count). The summed E-state index contributed by atoms with van der Waals surface area (Å²) >= 11 is 1.44. The predicted molar refractivity (Wildman–Crippen MR) is 117 cm³/mol. The fraction of sp³-hybridized carbons (Fsp3) is 0.125. The molecule has 5 heteroatoms. The highest BCUT2D eigenvalue weighted by molar-refractivity contribution is 8.00. The van der Waals surface area contributed by atoms with Crippen LogP contribution < -0.4 is 0 Å². The number of ketones is 1. The second kappa shape index (κ2) is 8.88. The average molecular weight is 400 g/mol. The third-order valence-electron chi connectivity index (χ3n) is 4.63. The lowest BCUT2D eigenvalue weighted by Gasteiger charge is -2.13. The predicted octanol–water partition coefficient (Wildman–Crippen LogP) is 5.22. The van der Waals surface area contributed by atoms with E-state index in [1.54, 1.807) is 0 Å². The zero-order valence-electron chi connectivity index (χ0n) is 16.1. The van der Waals surface area contributed by atoms with E-state index in [1.165, 1.54) is 17.3 Å². The third kappa shape index (κ3) is 4.46. The summed E-state index contributed by atoms with van der Waals surface area (Å²) in [6.07, 6.45) is 0.671. The zero-order chi connectivity index (χ0) is 20.1. The molecule has 0 bridgehead atoms. The maximum Gasteiger partial charge on any atom is 0.196 e. The van der Waals surface area contributed by atoms with Crippen molar-refractivity contribution in [1.82, 2.24) is 14.8 Å². The number of benzene rings is 3. The van der Waals surface area contributed by atoms with Gasteiger partial charge in [-0.3, -0.25) is 9.36 Å². The molecule has 1 unspecified atom stereocenters. The third-order valence-corrected chi connectivity index (χ3v) is 5.67. The van der Waals surface area contributed by atoms with E-state index in [0.717, 1.165) is 16.7 Å². The fourth-order valence-electron chi connectivity index (χ4n) is 3.15. The normalized spacial score (nSPS) is 11.9. The van der Waals surface area contributed by atoms with Gasteiger partial charge in [-0.15, -0.1) is 10.2 Å². The number of hydrogen-bond donors (Lipinski definition) is 0. The van der Waals surface area contributed by atoms with E-state index in [9.17, 15) is 4.79 Å². The Labute approximate surface area is 174 Å². The summed E-state index contributed by atoms with van der Waals surface area (Å²) < 4.78 is 2.05. The molecule has 3 aromatic carbocycles. The van der Waals surface area contributed by atoms with E-state index >= 15 is 0 Å². The molecular weight excluding hydrogens is 378 g/mol. The van der Waals surface area contributed by atoms with Gasteiger partial charge in [0.15, 0.2) is 10.9 Å². The van der Waals surface area contributed by atoms with Crippen molar-refractivity contribution in [2.75, 3.05) is 0 Å². The summed E-state index contributed by atoms with van der Waals surface area (Å²) in [7, 11) is 0. The van der Waals surface area contributed by atoms with Crippen molar-refractivity contribution in [3.05, 3.63) is 108 Å². The van der Waals surface area contributed by atoms with Crippen LogP contribution in [0.3, 0.4) is 0 Å². The molecule has 0 saturated heterocycles. The number of rotatable bonds is 7. The molecule has 0 fully saturated rings. The summed E-state index contributed by atoms with van der Waals surface area (Å²) in [5.41, 5.74) is 2.87. The van der Waals surface area contributed by atoms with E-state index in [-0.39, 0.29) is 11.0 Å². The maximum absolute atomic E-state index is 12.8. The minimum absolute atomic E-state index is 0.0859. The molecule has 0 aliphatic rings. The van der Waals surface area contributed by atoms with Crippen LogP contribution in [0.1, 0.15) is 28.7 Å². The number of thioether (sulfide) groups is 1. The quantitative estimate of drug-likeness (QED) is 0.316. The van der Waals surface area contributed by atoms with Gasteiger partial charge < -0.3 is 0 Å². The van der Waals surface area contributed by atoms with Crippen molar-refractivity contribution in [3.8, 4) is 5.69 Å². The first-order chi connectivity index (χ1) is 14.2. The van der Waals surface area contributed by atoms with Crippen LogP contribution in [0, 0.1) is 0 Å². The number of para-hydroxylation sites is 1.